The molecule has 1 saturated heterocycles. The van der Waals surface area contributed by atoms with E-state index in [1.165, 1.54) is 5.56 Å². The Balaban J connectivity index is 1.38. The molecule has 3 aromatic carbocycles. The molecule has 0 spiro atoms. The van der Waals surface area contributed by atoms with Crippen LogP contribution in [0.2, 0.25) is 0 Å². The van der Waals surface area contributed by atoms with Crippen LogP contribution in [-0.2, 0) is 22.6 Å². The van der Waals surface area contributed by atoms with Crippen molar-refractivity contribution < 1.29 is 19.1 Å². The van der Waals surface area contributed by atoms with Gasteiger partial charge in [-0.25, -0.2) is 0 Å². The lowest BCUT2D eigenvalue weighted by molar-refractivity contribution is -0.122. The van der Waals surface area contributed by atoms with Crippen molar-refractivity contribution in [3.8, 4) is 22.6 Å². The molecule has 1 aliphatic heterocycles. The fourth-order valence-electron chi connectivity index (χ4n) is 4.75. The Kier molecular flexibility index (Phi) is 7.70. The zero-order valence-corrected chi connectivity index (χ0v) is 20.3. The molecule has 35 heavy (non-hydrogen) atoms. The first kappa shape index (κ1) is 24.3. The zero-order valence-electron chi connectivity index (χ0n) is 20.3. The lowest BCUT2D eigenvalue weighted by atomic mass is 9.84. The molecule has 0 saturated carbocycles. The van der Waals surface area contributed by atoms with Crippen molar-refractivity contribution in [3.05, 3.63) is 83.9 Å². The van der Waals surface area contributed by atoms with Crippen LogP contribution >= 0.6 is 0 Å². The van der Waals surface area contributed by atoms with Crippen molar-refractivity contribution in [1.82, 2.24) is 10.6 Å². The van der Waals surface area contributed by atoms with Gasteiger partial charge in [0, 0.05) is 30.5 Å². The number of hydrogen-bond acceptors (Lipinski definition) is 4. The third-order valence-corrected chi connectivity index (χ3v) is 6.63. The summed E-state index contributed by atoms with van der Waals surface area (Å²) in [5.74, 6) is 1.24. The van der Waals surface area contributed by atoms with Gasteiger partial charge in [-0.05, 0) is 42.0 Å². The van der Waals surface area contributed by atoms with Gasteiger partial charge in [-0.1, -0.05) is 66.7 Å². The number of benzene rings is 3. The van der Waals surface area contributed by atoms with Crippen molar-refractivity contribution in [1.29, 1.82) is 0 Å². The molecule has 0 aliphatic carbocycles. The van der Waals surface area contributed by atoms with Crippen LogP contribution in [0.5, 0.6) is 11.5 Å². The summed E-state index contributed by atoms with van der Waals surface area (Å²) in [7, 11) is 3.17. The molecule has 1 heterocycles. The number of carbonyl (C=O) groups excluding carboxylic acids is 2. The summed E-state index contributed by atoms with van der Waals surface area (Å²) in [4.78, 5) is 24.8. The van der Waals surface area contributed by atoms with Gasteiger partial charge in [-0.2, -0.15) is 0 Å². The third-order valence-electron chi connectivity index (χ3n) is 6.63. The highest BCUT2D eigenvalue weighted by molar-refractivity contribution is 5.80. The number of rotatable bonds is 10. The molecule has 3 aromatic rings. The van der Waals surface area contributed by atoms with Crippen molar-refractivity contribution in [2.24, 2.45) is 0 Å². The van der Waals surface area contributed by atoms with Gasteiger partial charge in [0.25, 0.3) is 0 Å². The lowest BCUT2D eigenvalue weighted by Gasteiger charge is -2.29. The van der Waals surface area contributed by atoms with Gasteiger partial charge in [0.15, 0.2) is 11.5 Å². The Labute approximate surface area is 206 Å². The highest BCUT2D eigenvalue weighted by Gasteiger charge is 2.37. The van der Waals surface area contributed by atoms with Crippen LogP contribution in [0.4, 0.5) is 0 Å². The van der Waals surface area contributed by atoms with Crippen LogP contribution in [0.1, 0.15) is 36.8 Å². The molecule has 1 fully saturated rings. The standard InChI is InChI=1S/C29H32N2O4/c1-34-25-10-6-9-24(28(25)35-2)20-30-26(32)15-17-29(18-16-27(33)31-29)19-21-11-13-23(14-12-21)22-7-4-3-5-8-22/h3-14H,15-20H2,1-2H3,(H,30,32)(H,31,33)/t29-/m1/s1. The van der Waals surface area contributed by atoms with Gasteiger partial charge in [-0.15, -0.1) is 0 Å². The fraction of sp³-hybridized carbons (Fsp3) is 0.310. The monoisotopic (exact) mass is 472 g/mol. The summed E-state index contributed by atoms with van der Waals surface area (Å²) in [5, 5.41) is 6.15. The SMILES string of the molecule is COc1cccc(CNC(=O)CC[C@]2(Cc3ccc(-c4ccccc4)cc3)CCC(=O)N2)c1OC. The molecule has 6 heteroatoms. The number of ether oxygens (including phenoxy) is 2. The lowest BCUT2D eigenvalue weighted by Crippen LogP contribution is -2.44. The van der Waals surface area contributed by atoms with Crippen LogP contribution in [0, 0.1) is 0 Å². The predicted octanol–water partition coefficient (Wildman–Crippen LogP) is 4.66. The highest BCUT2D eigenvalue weighted by atomic mass is 16.5. The van der Waals surface area contributed by atoms with E-state index in [1.54, 1.807) is 14.2 Å². The quantitative estimate of drug-likeness (QED) is 0.450. The van der Waals surface area contributed by atoms with Gasteiger partial charge in [0.05, 0.1) is 14.2 Å². The van der Waals surface area contributed by atoms with E-state index in [1.807, 2.05) is 36.4 Å². The number of para-hydroxylation sites is 1. The maximum absolute atomic E-state index is 12.7. The summed E-state index contributed by atoms with van der Waals surface area (Å²) in [6.07, 6.45) is 2.83. The molecular weight excluding hydrogens is 440 g/mol. The first-order valence-corrected chi connectivity index (χ1v) is 11.9. The Bertz CT molecular complexity index is 1160. The molecule has 1 aliphatic rings. The molecular formula is C29H32N2O4. The molecule has 4 rings (SSSR count). The van der Waals surface area contributed by atoms with E-state index < -0.39 is 5.54 Å². The van der Waals surface area contributed by atoms with Crippen molar-refractivity contribution in [3.63, 3.8) is 0 Å². The summed E-state index contributed by atoms with van der Waals surface area (Å²) >= 11 is 0. The topological polar surface area (TPSA) is 76.7 Å². The average Bonchev–Trinajstić information content (AvgIpc) is 3.27. The Morgan fingerprint density at radius 2 is 1.69 bits per heavy atom. The van der Waals surface area contributed by atoms with E-state index in [2.05, 4.69) is 47.0 Å². The minimum absolute atomic E-state index is 0.0485. The highest BCUT2D eigenvalue weighted by Crippen LogP contribution is 2.32. The van der Waals surface area contributed by atoms with E-state index >= 15 is 0 Å². The summed E-state index contributed by atoms with van der Waals surface area (Å²) in [5.41, 5.74) is 3.92. The number of nitrogens with one attached hydrogen (secondary N) is 2. The first-order valence-electron chi connectivity index (χ1n) is 11.9. The van der Waals surface area contributed by atoms with Gasteiger partial charge >= 0.3 is 0 Å². The minimum Gasteiger partial charge on any atom is -0.493 e. The summed E-state index contributed by atoms with van der Waals surface area (Å²) < 4.78 is 10.8. The van der Waals surface area contributed by atoms with Gasteiger partial charge < -0.3 is 20.1 Å². The molecule has 0 unspecified atom stereocenters. The zero-order chi connectivity index (χ0) is 24.7. The maximum Gasteiger partial charge on any atom is 0.220 e. The Morgan fingerprint density at radius 3 is 2.34 bits per heavy atom. The smallest absolute Gasteiger partial charge is 0.220 e. The second-order valence-corrected chi connectivity index (χ2v) is 9.00. The van der Waals surface area contributed by atoms with Crippen LogP contribution in [0.15, 0.2) is 72.8 Å². The van der Waals surface area contributed by atoms with Crippen molar-refractivity contribution in [2.45, 2.75) is 44.2 Å². The second kappa shape index (κ2) is 11.1. The fourth-order valence-corrected chi connectivity index (χ4v) is 4.75. The molecule has 0 radical (unpaired) electrons. The largest absolute Gasteiger partial charge is 0.493 e. The van der Waals surface area contributed by atoms with Crippen LogP contribution in [-0.4, -0.2) is 31.6 Å². The number of amides is 2. The molecule has 1 atom stereocenters. The van der Waals surface area contributed by atoms with E-state index in [0.29, 0.717) is 43.7 Å². The van der Waals surface area contributed by atoms with Gasteiger partial charge in [-0.3, -0.25) is 9.59 Å². The van der Waals surface area contributed by atoms with Crippen molar-refractivity contribution >= 4 is 11.8 Å². The van der Waals surface area contributed by atoms with E-state index in [0.717, 1.165) is 23.1 Å². The Morgan fingerprint density at radius 1 is 0.943 bits per heavy atom. The van der Waals surface area contributed by atoms with E-state index in [-0.39, 0.29) is 11.8 Å². The van der Waals surface area contributed by atoms with Gasteiger partial charge in [0.1, 0.15) is 0 Å². The number of hydrogen-bond donors (Lipinski definition) is 2. The maximum atomic E-state index is 12.7. The van der Waals surface area contributed by atoms with E-state index in [4.69, 9.17) is 9.47 Å². The van der Waals surface area contributed by atoms with Crippen molar-refractivity contribution in [2.75, 3.05) is 14.2 Å². The predicted molar refractivity (Wildman–Crippen MR) is 136 cm³/mol. The first-order chi connectivity index (χ1) is 17.0. The molecule has 6 nitrogen and oxygen atoms in total. The minimum atomic E-state index is -0.406. The number of methoxy groups -OCH3 is 2. The van der Waals surface area contributed by atoms with Crippen LogP contribution < -0.4 is 20.1 Å². The molecule has 0 aromatic heterocycles. The molecule has 2 amide bonds. The average molecular weight is 473 g/mol. The second-order valence-electron chi connectivity index (χ2n) is 9.00. The molecule has 0 bridgehead atoms. The Hall–Kier alpha value is -3.80. The van der Waals surface area contributed by atoms with Gasteiger partial charge in [0.2, 0.25) is 11.8 Å². The number of carbonyl (C=O) groups is 2. The normalized spacial score (nSPS) is 17.0. The molecule has 2 N–H and O–H groups in total. The van der Waals surface area contributed by atoms with Crippen LogP contribution in [0.3, 0.4) is 0 Å². The summed E-state index contributed by atoms with van der Waals surface area (Å²) in [6.45, 7) is 0.347. The summed E-state index contributed by atoms with van der Waals surface area (Å²) in [6, 6.07) is 24.3. The van der Waals surface area contributed by atoms with E-state index in [9.17, 15) is 9.59 Å². The van der Waals surface area contributed by atoms with Crippen LogP contribution in [0.25, 0.3) is 11.1 Å². The third kappa shape index (κ3) is 6.01. The molecule has 182 valence electrons.